The molecule has 8 heteroatoms. The Morgan fingerprint density at radius 1 is 1.27 bits per heavy atom. The van der Waals surface area contributed by atoms with Crippen LogP contribution in [0.2, 0.25) is 5.02 Å². The SMILES string of the molecule is CSc1nc(-c2c(F)cccc2Oc2ccc(Cl)cc2)c(C#N)c(=O)[nH]1. The van der Waals surface area contributed by atoms with Crippen molar-refractivity contribution in [3.8, 4) is 28.8 Å². The molecule has 0 aliphatic carbocycles. The number of benzene rings is 2. The summed E-state index contributed by atoms with van der Waals surface area (Å²) in [5.41, 5.74) is -1.04. The smallest absolute Gasteiger partial charge is 0.270 e. The molecule has 0 saturated carbocycles. The Balaban J connectivity index is 2.20. The third-order valence-corrected chi connectivity index (χ3v) is 4.29. The highest BCUT2D eigenvalue weighted by Gasteiger charge is 2.21. The number of hydrogen-bond donors (Lipinski definition) is 1. The molecule has 0 aliphatic heterocycles. The number of ether oxygens (including phenoxy) is 1. The van der Waals surface area contributed by atoms with Crippen LogP contribution in [0.4, 0.5) is 4.39 Å². The summed E-state index contributed by atoms with van der Waals surface area (Å²) in [6, 6.07) is 12.5. The summed E-state index contributed by atoms with van der Waals surface area (Å²) in [6.45, 7) is 0. The van der Waals surface area contributed by atoms with E-state index in [0.29, 0.717) is 10.8 Å². The van der Waals surface area contributed by atoms with Crippen LogP contribution in [0.15, 0.2) is 52.4 Å². The van der Waals surface area contributed by atoms with Gasteiger partial charge in [0.05, 0.1) is 5.56 Å². The molecule has 0 spiro atoms. The van der Waals surface area contributed by atoms with Crippen molar-refractivity contribution >= 4 is 23.4 Å². The average molecular weight is 388 g/mol. The third-order valence-electron chi connectivity index (χ3n) is 3.46. The van der Waals surface area contributed by atoms with Gasteiger partial charge < -0.3 is 9.72 Å². The first-order valence-corrected chi connectivity index (χ1v) is 8.94. The highest BCUT2D eigenvalue weighted by molar-refractivity contribution is 7.98. The third kappa shape index (κ3) is 3.57. The number of aromatic amines is 1. The zero-order chi connectivity index (χ0) is 18.7. The molecule has 0 saturated heterocycles. The lowest BCUT2D eigenvalue weighted by atomic mass is 10.1. The first-order valence-electron chi connectivity index (χ1n) is 7.34. The predicted molar refractivity (Wildman–Crippen MR) is 98.3 cm³/mol. The topological polar surface area (TPSA) is 78.8 Å². The molecule has 26 heavy (non-hydrogen) atoms. The first kappa shape index (κ1) is 18.0. The minimum absolute atomic E-state index is 0.0552. The summed E-state index contributed by atoms with van der Waals surface area (Å²) in [5, 5.41) is 10.1. The van der Waals surface area contributed by atoms with Crippen LogP contribution in [0.25, 0.3) is 11.3 Å². The molecular weight excluding hydrogens is 377 g/mol. The Kier molecular flexibility index (Phi) is 5.26. The van der Waals surface area contributed by atoms with Gasteiger partial charge in [0.15, 0.2) is 5.16 Å². The fourth-order valence-electron chi connectivity index (χ4n) is 2.28. The lowest BCUT2D eigenvalue weighted by Gasteiger charge is -2.13. The van der Waals surface area contributed by atoms with E-state index >= 15 is 0 Å². The van der Waals surface area contributed by atoms with E-state index in [0.717, 1.165) is 0 Å². The monoisotopic (exact) mass is 387 g/mol. The summed E-state index contributed by atoms with van der Waals surface area (Å²) >= 11 is 7.03. The zero-order valence-corrected chi connectivity index (χ0v) is 15.0. The second-order valence-electron chi connectivity index (χ2n) is 5.08. The summed E-state index contributed by atoms with van der Waals surface area (Å²) in [6.07, 6.45) is 1.71. The molecule has 2 aromatic carbocycles. The Labute approximate surface area is 157 Å². The molecule has 0 unspecified atom stereocenters. The number of aromatic nitrogens is 2. The summed E-state index contributed by atoms with van der Waals surface area (Å²) < 4.78 is 20.4. The molecule has 0 radical (unpaired) electrons. The highest BCUT2D eigenvalue weighted by atomic mass is 35.5. The van der Waals surface area contributed by atoms with Gasteiger partial charge in [0.25, 0.3) is 5.56 Å². The molecule has 5 nitrogen and oxygen atoms in total. The van der Waals surface area contributed by atoms with Gasteiger partial charge in [0.2, 0.25) is 0 Å². The zero-order valence-electron chi connectivity index (χ0n) is 13.4. The average Bonchev–Trinajstić information content (AvgIpc) is 2.63. The molecule has 1 heterocycles. The fourth-order valence-corrected chi connectivity index (χ4v) is 2.79. The van der Waals surface area contributed by atoms with Crippen molar-refractivity contribution in [2.45, 2.75) is 5.16 Å². The number of rotatable bonds is 4. The first-order chi connectivity index (χ1) is 12.5. The molecule has 3 aromatic rings. The lowest BCUT2D eigenvalue weighted by molar-refractivity contribution is 0.479. The van der Waals surface area contributed by atoms with Crippen LogP contribution in [-0.2, 0) is 0 Å². The van der Waals surface area contributed by atoms with Gasteiger partial charge in [-0.3, -0.25) is 4.79 Å². The maximum Gasteiger partial charge on any atom is 0.270 e. The standard InChI is InChI=1S/C18H11ClFN3O2S/c1-26-18-22-16(12(9-21)17(24)23-18)15-13(20)3-2-4-14(15)25-11-7-5-10(19)6-8-11/h2-8H,1H3,(H,22,23,24). The van der Waals surface area contributed by atoms with Crippen molar-refractivity contribution in [1.29, 1.82) is 5.26 Å². The Morgan fingerprint density at radius 2 is 2.00 bits per heavy atom. The van der Waals surface area contributed by atoms with Crippen molar-refractivity contribution in [1.82, 2.24) is 9.97 Å². The van der Waals surface area contributed by atoms with Gasteiger partial charge in [-0.25, -0.2) is 9.37 Å². The Morgan fingerprint density at radius 3 is 2.65 bits per heavy atom. The van der Waals surface area contributed by atoms with Crippen molar-refractivity contribution < 1.29 is 9.13 Å². The van der Waals surface area contributed by atoms with E-state index in [1.165, 1.54) is 30.0 Å². The number of thioether (sulfide) groups is 1. The van der Waals surface area contributed by atoms with Crippen LogP contribution in [0, 0.1) is 17.1 Å². The van der Waals surface area contributed by atoms with E-state index in [-0.39, 0.29) is 27.7 Å². The van der Waals surface area contributed by atoms with E-state index in [2.05, 4.69) is 9.97 Å². The molecule has 3 rings (SSSR count). The number of nitrogens with one attached hydrogen (secondary N) is 1. The second kappa shape index (κ2) is 7.60. The van der Waals surface area contributed by atoms with Crippen LogP contribution in [-0.4, -0.2) is 16.2 Å². The Hall–Kier alpha value is -2.82. The van der Waals surface area contributed by atoms with Crippen molar-refractivity contribution in [2.75, 3.05) is 6.26 Å². The van der Waals surface area contributed by atoms with Crippen molar-refractivity contribution in [3.05, 3.63) is 69.2 Å². The molecule has 1 aromatic heterocycles. The molecule has 0 bridgehead atoms. The maximum atomic E-state index is 14.6. The van der Waals surface area contributed by atoms with E-state index in [4.69, 9.17) is 16.3 Å². The molecule has 0 fully saturated rings. The largest absolute Gasteiger partial charge is 0.457 e. The summed E-state index contributed by atoms with van der Waals surface area (Å²) in [5.74, 6) is -0.0956. The number of nitriles is 1. The molecule has 130 valence electrons. The van der Waals surface area contributed by atoms with E-state index in [1.807, 2.05) is 0 Å². The van der Waals surface area contributed by atoms with Crippen LogP contribution in [0.1, 0.15) is 5.56 Å². The molecule has 1 N–H and O–H groups in total. The highest BCUT2D eigenvalue weighted by Crippen LogP contribution is 2.36. The van der Waals surface area contributed by atoms with E-state index < -0.39 is 11.4 Å². The minimum atomic E-state index is -0.655. The van der Waals surface area contributed by atoms with Crippen LogP contribution in [0.5, 0.6) is 11.5 Å². The van der Waals surface area contributed by atoms with Gasteiger partial charge in [-0.05, 0) is 42.7 Å². The molecule has 0 atom stereocenters. The minimum Gasteiger partial charge on any atom is -0.457 e. The van der Waals surface area contributed by atoms with Crippen molar-refractivity contribution in [3.63, 3.8) is 0 Å². The normalized spacial score (nSPS) is 10.4. The molecule has 0 amide bonds. The van der Waals surface area contributed by atoms with Gasteiger partial charge in [0, 0.05) is 5.02 Å². The number of H-pyrrole nitrogens is 1. The number of halogens is 2. The maximum absolute atomic E-state index is 14.6. The van der Waals surface area contributed by atoms with Gasteiger partial charge in [-0.1, -0.05) is 29.4 Å². The van der Waals surface area contributed by atoms with Crippen molar-refractivity contribution in [2.24, 2.45) is 0 Å². The molecular formula is C18H11ClFN3O2S. The van der Waals surface area contributed by atoms with Crippen LogP contribution < -0.4 is 10.3 Å². The van der Waals surface area contributed by atoms with E-state index in [1.54, 1.807) is 36.6 Å². The van der Waals surface area contributed by atoms with Crippen LogP contribution >= 0.6 is 23.4 Å². The second-order valence-corrected chi connectivity index (χ2v) is 6.31. The lowest BCUT2D eigenvalue weighted by Crippen LogP contribution is -2.15. The van der Waals surface area contributed by atoms with Gasteiger partial charge in [-0.2, -0.15) is 5.26 Å². The molecule has 0 aliphatic rings. The van der Waals surface area contributed by atoms with Crippen LogP contribution in [0.3, 0.4) is 0 Å². The van der Waals surface area contributed by atoms with E-state index in [9.17, 15) is 14.4 Å². The summed E-state index contributed by atoms with van der Waals surface area (Å²) in [4.78, 5) is 18.8. The number of nitrogens with zero attached hydrogens (tertiary/aromatic N) is 2. The van der Waals surface area contributed by atoms with Gasteiger partial charge in [0.1, 0.15) is 34.6 Å². The van der Waals surface area contributed by atoms with Gasteiger partial charge >= 0.3 is 0 Å². The predicted octanol–water partition coefficient (Wildman–Crippen LogP) is 4.62. The summed E-state index contributed by atoms with van der Waals surface area (Å²) in [7, 11) is 0. The quantitative estimate of drug-likeness (QED) is 0.522. The number of hydrogen-bond acceptors (Lipinski definition) is 5. The van der Waals surface area contributed by atoms with Gasteiger partial charge in [-0.15, -0.1) is 0 Å². The Bertz CT molecular complexity index is 1060. The fraction of sp³-hybridized carbons (Fsp3) is 0.0556.